The Hall–Kier alpha value is -1.97. The smallest absolute Gasteiger partial charge is 0.153 e. The number of hydrogen-bond donors (Lipinski definition) is 0. The van der Waals surface area contributed by atoms with Crippen molar-refractivity contribution >= 4 is 6.29 Å². The first-order chi connectivity index (χ1) is 8.82. The fourth-order valence-corrected chi connectivity index (χ4v) is 1.92. The van der Waals surface area contributed by atoms with E-state index in [2.05, 4.69) is 5.10 Å². The van der Waals surface area contributed by atoms with E-state index in [0.717, 1.165) is 17.4 Å². The number of aryl methyl sites for hydroxylation is 1. The second-order valence-corrected chi connectivity index (χ2v) is 5.63. The molecule has 1 aromatic heterocycles. The van der Waals surface area contributed by atoms with E-state index in [0.29, 0.717) is 11.3 Å². The molecule has 0 radical (unpaired) electrons. The zero-order valence-electron chi connectivity index (χ0n) is 11.6. The van der Waals surface area contributed by atoms with Crippen LogP contribution >= 0.6 is 0 Å². The number of aldehydes is 1. The largest absolute Gasteiger partial charge is 0.298 e. The highest BCUT2D eigenvalue weighted by Gasteiger charge is 2.19. The standard InChI is InChI=1S/C15H17FN2O/c1-10-7-12(16)5-6-13(10)14-11(9-19)8-18(17-14)15(2,3)4/h5-9H,1-4H3. The van der Waals surface area contributed by atoms with Gasteiger partial charge in [-0.25, -0.2) is 4.39 Å². The highest BCUT2D eigenvalue weighted by atomic mass is 19.1. The average Bonchev–Trinajstić information content (AvgIpc) is 2.72. The highest BCUT2D eigenvalue weighted by Crippen LogP contribution is 2.27. The van der Waals surface area contributed by atoms with E-state index >= 15 is 0 Å². The van der Waals surface area contributed by atoms with Crippen molar-refractivity contribution in [2.24, 2.45) is 0 Å². The number of hydrogen-bond acceptors (Lipinski definition) is 2. The lowest BCUT2D eigenvalue weighted by Crippen LogP contribution is -2.22. The monoisotopic (exact) mass is 260 g/mol. The van der Waals surface area contributed by atoms with E-state index in [1.165, 1.54) is 12.1 Å². The van der Waals surface area contributed by atoms with E-state index in [9.17, 15) is 9.18 Å². The number of carbonyl (C=O) groups is 1. The Kier molecular flexibility index (Phi) is 3.27. The molecule has 0 aliphatic rings. The van der Waals surface area contributed by atoms with Crippen molar-refractivity contribution in [3.05, 3.63) is 41.3 Å². The van der Waals surface area contributed by atoms with Crippen LogP contribution in [0.25, 0.3) is 11.3 Å². The van der Waals surface area contributed by atoms with Crippen LogP contribution in [0.15, 0.2) is 24.4 Å². The van der Waals surface area contributed by atoms with Crippen LogP contribution in [0.4, 0.5) is 4.39 Å². The van der Waals surface area contributed by atoms with Crippen molar-refractivity contribution < 1.29 is 9.18 Å². The second kappa shape index (κ2) is 4.61. The Labute approximate surface area is 112 Å². The van der Waals surface area contributed by atoms with Gasteiger partial charge in [0, 0.05) is 11.8 Å². The Morgan fingerprint density at radius 1 is 1.32 bits per heavy atom. The van der Waals surface area contributed by atoms with E-state index in [1.807, 2.05) is 27.7 Å². The number of rotatable bonds is 2. The molecule has 19 heavy (non-hydrogen) atoms. The summed E-state index contributed by atoms with van der Waals surface area (Å²) >= 11 is 0. The van der Waals surface area contributed by atoms with Gasteiger partial charge in [0.15, 0.2) is 6.29 Å². The number of nitrogens with zero attached hydrogens (tertiary/aromatic N) is 2. The van der Waals surface area contributed by atoms with Gasteiger partial charge in [-0.3, -0.25) is 9.48 Å². The van der Waals surface area contributed by atoms with Crippen LogP contribution in [0, 0.1) is 12.7 Å². The molecule has 100 valence electrons. The molecule has 1 aromatic carbocycles. The lowest BCUT2D eigenvalue weighted by molar-refractivity contribution is 0.112. The summed E-state index contributed by atoms with van der Waals surface area (Å²) in [5.74, 6) is -0.288. The van der Waals surface area contributed by atoms with Crippen molar-refractivity contribution in [1.29, 1.82) is 0 Å². The zero-order valence-corrected chi connectivity index (χ0v) is 11.6. The minimum atomic E-state index is -0.288. The molecule has 4 heteroatoms. The molecule has 0 fully saturated rings. The fourth-order valence-electron chi connectivity index (χ4n) is 1.92. The van der Waals surface area contributed by atoms with E-state index in [1.54, 1.807) is 16.9 Å². The first kappa shape index (κ1) is 13.5. The molecule has 0 bridgehead atoms. The molecule has 0 spiro atoms. The summed E-state index contributed by atoms with van der Waals surface area (Å²) in [6, 6.07) is 4.49. The molecule has 0 aliphatic carbocycles. The minimum absolute atomic E-state index is 0.204. The van der Waals surface area contributed by atoms with Crippen LogP contribution < -0.4 is 0 Å². The minimum Gasteiger partial charge on any atom is -0.298 e. The number of aromatic nitrogens is 2. The Balaban J connectivity index is 2.61. The number of halogens is 1. The topological polar surface area (TPSA) is 34.9 Å². The third-order valence-electron chi connectivity index (χ3n) is 3.00. The molecule has 0 amide bonds. The molecule has 2 rings (SSSR count). The summed E-state index contributed by atoms with van der Waals surface area (Å²) in [7, 11) is 0. The number of carbonyl (C=O) groups excluding carboxylic acids is 1. The van der Waals surface area contributed by atoms with Gasteiger partial charge in [0.05, 0.1) is 11.1 Å². The fraction of sp³-hybridized carbons (Fsp3) is 0.333. The predicted octanol–water partition coefficient (Wildman–Crippen LogP) is 3.57. The first-order valence-corrected chi connectivity index (χ1v) is 6.15. The van der Waals surface area contributed by atoms with Crippen LogP contribution in [-0.2, 0) is 5.54 Å². The zero-order chi connectivity index (χ0) is 14.2. The maximum Gasteiger partial charge on any atom is 0.153 e. The van der Waals surface area contributed by atoms with Crippen molar-refractivity contribution in [1.82, 2.24) is 9.78 Å². The average molecular weight is 260 g/mol. The van der Waals surface area contributed by atoms with Crippen LogP contribution in [-0.4, -0.2) is 16.1 Å². The van der Waals surface area contributed by atoms with Gasteiger partial charge in [0.25, 0.3) is 0 Å². The third kappa shape index (κ3) is 2.57. The summed E-state index contributed by atoms with van der Waals surface area (Å²) in [5, 5.41) is 4.48. The molecule has 0 aliphatic heterocycles. The summed E-state index contributed by atoms with van der Waals surface area (Å²) in [6.07, 6.45) is 2.51. The van der Waals surface area contributed by atoms with E-state index in [4.69, 9.17) is 0 Å². The maximum atomic E-state index is 13.1. The predicted molar refractivity (Wildman–Crippen MR) is 72.7 cm³/mol. The lowest BCUT2D eigenvalue weighted by Gasteiger charge is -2.18. The molecule has 0 atom stereocenters. The maximum absolute atomic E-state index is 13.1. The van der Waals surface area contributed by atoms with Gasteiger partial charge in [-0.15, -0.1) is 0 Å². The van der Waals surface area contributed by atoms with Crippen LogP contribution in [0.2, 0.25) is 0 Å². The Morgan fingerprint density at radius 2 is 2.00 bits per heavy atom. The van der Waals surface area contributed by atoms with Gasteiger partial charge in [0.1, 0.15) is 11.5 Å². The molecular weight excluding hydrogens is 243 g/mol. The first-order valence-electron chi connectivity index (χ1n) is 6.15. The van der Waals surface area contributed by atoms with Crippen LogP contribution in [0.5, 0.6) is 0 Å². The van der Waals surface area contributed by atoms with Crippen molar-refractivity contribution in [3.63, 3.8) is 0 Å². The normalized spacial score (nSPS) is 11.6. The van der Waals surface area contributed by atoms with Crippen molar-refractivity contribution in [2.45, 2.75) is 33.2 Å². The van der Waals surface area contributed by atoms with Crippen LogP contribution in [0.3, 0.4) is 0 Å². The quantitative estimate of drug-likeness (QED) is 0.774. The second-order valence-electron chi connectivity index (χ2n) is 5.63. The van der Waals surface area contributed by atoms with Gasteiger partial charge in [-0.1, -0.05) is 0 Å². The Morgan fingerprint density at radius 3 is 2.53 bits per heavy atom. The summed E-state index contributed by atoms with van der Waals surface area (Å²) in [4.78, 5) is 11.2. The highest BCUT2D eigenvalue weighted by molar-refractivity contribution is 5.86. The third-order valence-corrected chi connectivity index (χ3v) is 3.00. The van der Waals surface area contributed by atoms with E-state index < -0.39 is 0 Å². The molecule has 3 nitrogen and oxygen atoms in total. The SMILES string of the molecule is Cc1cc(F)ccc1-c1nn(C(C)(C)C)cc1C=O. The van der Waals surface area contributed by atoms with Gasteiger partial charge in [-0.2, -0.15) is 5.10 Å². The summed E-state index contributed by atoms with van der Waals surface area (Å²) in [6.45, 7) is 7.84. The van der Waals surface area contributed by atoms with Crippen molar-refractivity contribution in [3.8, 4) is 11.3 Å². The molecular formula is C15H17FN2O. The van der Waals surface area contributed by atoms with Crippen molar-refractivity contribution in [2.75, 3.05) is 0 Å². The molecule has 2 aromatic rings. The molecule has 0 unspecified atom stereocenters. The van der Waals surface area contributed by atoms with Gasteiger partial charge >= 0.3 is 0 Å². The molecule has 0 saturated carbocycles. The Bertz CT molecular complexity index is 624. The number of benzene rings is 1. The summed E-state index contributed by atoms with van der Waals surface area (Å²) < 4.78 is 14.9. The van der Waals surface area contributed by atoms with E-state index in [-0.39, 0.29) is 11.4 Å². The summed E-state index contributed by atoms with van der Waals surface area (Å²) in [5.41, 5.74) is 2.46. The molecule has 1 heterocycles. The molecule has 0 N–H and O–H groups in total. The molecule has 0 saturated heterocycles. The van der Waals surface area contributed by atoms with Gasteiger partial charge < -0.3 is 0 Å². The van der Waals surface area contributed by atoms with Gasteiger partial charge in [0.2, 0.25) is 0 Å². The van der Waals surface area contributed by atoms with Gasteiger partial charge in [-0.05, 0) is 51.5 Å². The lowest BCUT2D eigenvalue weighted by atomic mass is 10.0. The van der Waals surface area contributed by atoms with Crippen LogP contribution in [0.1, 0.15) is 36.7 Å².